The van der Waals surface area contributed by atoms with Crippen LogP contribution < -0.4 is 21.3 Å². The van der Waals surface area contributed by atoms with Crippen LogP contribution in [0.2, 0.25) is 5.02 Å². The van der Waals surface area contributed by atoms with Crippen LogP contribution in [0.4, 0.5) is 9.18 Å². The molecule has 3 amide bonds. The average Bonchev–Trinajstić information content (AvgIpc) is 3.28. The highest BCUT2D eigenvalue weighted by Gasteiger charge is 2.31. The van der Waals surface area contributed by atoms with Gasteiger partial charge in [0.1, 0.15) is 17.7 Å². The topological polar surface area (TPSA) is 143 Å². The molecule has 0 spiro atoms. The maximum atomic E-state index is 13.3. The lowest BCUT2D eigenvalue weighted by Crippen LogP contribution is -2.49. The minimum absolute atomic E-state index is 0.0770. The number of carbonyl (C=O) groups is 3. The fraction of sp³-hybridized carbons (Fsp3) is 0.333. The number of carboxylic acid groups (broad SMARTS) is 1. The Kier molecular flexibility index (Phi) is 8.78. The number of hydrogen-bond acceptors (Lipinski definition) is 5. The van der Waals surface area contributed by atoms with E-state index in [0.29, 0.717) is 24.9 Å². The lowest BCUT2D eigenvalue weighted by molar-refractivity contribution is -0.129. The van der Waals surface area contributed by atoms with Gasteiger partial charge in [0.2, 0.25) is 11.8 Å². The number of halogens is 2. The van der Waals surface area contributed by atoms with Gasteiger partial charge in [0.15, 0.2) is 0 Å². The number of nitrogens with one attached hydrogen (secondary N) is 5. The monoisotopic (exact) mass is 503 g/mol. The van der Waals surface area contributed by atoms with E-state index in [9.17, 15) is 18.8 Å². The predicted octanol–water partition coefficient (Wildman–Crippen LogP) is 2.41. The lowest BCUT2D eigenvalue weighted by Gasteiger charge is -2.17. The molecule has 0 unspecified atom stereocenters. The van der Waals surface area contributed by atoms with Gasteiger partial charge in [-0.2, -0.15) is 0 Å². The molecular formula is C24H27ClFN5O4. The lowest BCUT2D eigenvalue weighted by atomic mass is 9.96. The van der Waals surface area contributed by atoms with Crippen molar-refractivity contribution in [1.29, 1.82) is 5.41 Å². The fourth-order valence-corrected chi connectivity index (χ4v) is 4.06. The summed E-state index contributed by atoms with van der Waals surface area (Å²) < 4.78 is 13.3. The summed E-state index contributed by atoms with van der Waals surface area (Å²) in [5.74, 6) is -1.13. The van der Waals surface area contributed by atoms with Gasteiger partial charge in [-0.1, -0.05) is 41.9 Å². The normalized spacial score (nSPS) is 17.9. The Hall–Kier alpha value is -3.50. The molecule has 0 saturated carbocycles. The van der Waals surface area contributed by atoms with Crippen molar-refractivity contribution in [1.82, 2.24) is 21.3 Å². The van der Waals surface area contributed by atoms with Crippen molar-refractivity contribution in [2.75, 3.05) is 6.54 Å². The highest BCUT2D eigenvalue weighted by atomic mass is 35.5. The Morgan fingerprint density at radius 3 is 2.54 bits per heavy atom. The highest BCUT2D eigenvalue weighted by Crippen LogP contribution is 2.23. The second kappa shape index (κ2) is 11.8. The zero-order valence-corrected chi connectivity index (χ0v) is 19.8. The number of carbonyl (C=O) groups excluding carboxylic acids is 2. The summed E-state index contributed by atoms with van der Waals surface area (Å²) in [5.41, 5.74) is 2.05. The smallest absolute Gasteiger partial charge is 0.410 e. The summed E-state index contributed by atoms with van der Waals surface area (Å²) in [7, 11) is 0. The molecule has 6 N–H and O–H groups in total. The van der Waals surface area contributed by atoms with E-state index in [1.807, 2.05) is 5.32 Å². The van der Waals surface area contributed by atoms with Gasteiger partial charge in [0.05, 0.1) is 11.1 Å². The van der Waals surface area contributed by atoms with Gasteiger partial charge in [0, 0.05) is 12.1 Å². The first-order valence-corrected chi connectivity index (χ1v) is 11.4. The second-order valence-electron chi connectivity index (χ2n) is 8.47. The second-order valence-corrected chi connectivity index (χ2v) is 8.87. The van der Waals surface area contributed by atoms with Crippen LogP contribution in [0.25, 0.3) is 0 Å². The molecule has 0 aliphatic carbocycles. The summed E-state index contributed by atoms with van der Waals surface area (Å²) in [6.07, 6.45) is -0.0615. The molecule has 1 aliphatic rings. The maximum Gasteiger partial charge on any atom is 0.410 e. The van der Waals surface area contributed by atoms with Crippen molar-refractivity contribution < 1.29 is 23.9 Å². The van der Waals surface area contributed by atoms with Crippen molar-refractivity contribution in [3.63, 3.8) is 0 Å². The zero-order chi connectivity index (χ0) is 25.5. The molecule has 3 rings (SSSR count). The van der Waals surface area contributed by atoms with Gasteiger partial charge in [-0.05, 0) is 55.5 Å². The molecule has 1 saturated heterocycles. The van der Waals surface area contributed by atoms with E-state index in [1.54, 1.807) is 43.3 Å². The SMILES string of the molecule is C[C@H](NC(=O)[C@H]1C[C@H](Cc2ccc(F)c(Cl)c2)CN1)C(=O)NCc1ccc(C(=N)NC(=O)O)cc1. The van der Waals surface area contributed by atoms with E-state index >= 15 is 0 Å². The zero-order valence-electron chi connectivity index (χ0n) is 19.0. The molecule has 3 atom stereocenters. The summed E-state index contributed by atoms with van der Waals surface area (Å²) in [6, 6.07) is 9.95. The van der Waals surface area contributed by atoms with Crippen molar-refractivity contribution >= 4 is 35.3 Å². The first-order valence-electron chi connectivity index (χ1n) is 11.1. The summed E-state index contributed by atoms with van der Waals surface area (Å²) in [6.45, 7) is 2.44. The number of rotatable bonds is 8. The van der Waals surface area contributed by atoms with Crippen LogP contribution in [0.1, 0.15) is 30.0 Å². The molecule has 11 heteroatoms. The molecule has 1 heterocycles. The van der Waals surface area contributed by atoms with E-state index in [2.05, 4.69) is 16.0 Å². The number of amidine groups is 1. The number of benzene rings is 2. The van der Waals surface area contributed by atoms with E-state index < -0.39 is 24.0 Å². The third-order valence-electron chi connectivity index (χ3n) is 5.74. The van der Waals surface area contributed by atoms with Gasteiger partial charge in [-0.15, -0.1) is 0 Å². The van der Waals surface area contributed by atoms with Gasteiger partial charge >= 0.3 is 6.09 Å². The van der Waals surface area contributed by atoms with E-state index in [1.165, 1.54) is 6.07 Å². The third-order valence-corrected chi connectivity index (χ3v) is 6.03. The number of hydrogen-bond donors (Lipinski definition) is 6. The Balaban J connectivity index is 1.42. The standard InChI is InChI=1S/C24H27ClFN5O4/c1-13(22(32)29-11-14-2-5-17(6-3-14)21(27)31-24(34)35)30-23(33)20-10-16(12-28-20)8-15-4-7-19(26)18(25)9-15/h2-7,9,13,16,20,28H,8,10-12H2,1H3,(H2,27,31)(H,29,32)(H,30,33)(H,34,35)/t13-,16-,20+/m0/s1. The van der Waals surface area contributed by atoms with Crippen LogP contribution >= 0.6 is 11.6 Å². The van der Waals surface area contributed by atoms with Crippen LogP contribution in [-0.2, 0) is 22.6 Å². The summed E-state index contributed by atoms with van der Waals surface area (Å²) in [4.78, 5) is 35.7. The summed E-state index contributed by atoms with van der Waals surface area (Å²) >= 11 is 5.84. The van der Waals surface area contributed by atoms with Crippen LogP contribution in [0.15, 0.2) is 42.5 Å². The highest BCUT2D eigenvalue weighted by molar-refractivity contribution is 6.30. The Morgan fingerprint density at radius 1 is 1.20 bits per heavy atom. The first kappa shape index (κ1) is 26.1. The third kappa shape index (κ3) is 7.49. The molecule has 186 valence electrons. The molecule has 1 aliphatic heterocycles. The first-order chi connectivity index (χ1) is 16.6. The van der Waals surface area contributed by atoms with Crippen molar-refractivity contribution in [2.24, 2.45) is 5.92 Å². The Bertz CT molecular complexity index is 1110. The molecule has 2 aromatic carbocycles. The van der Waals surface area contributed by atoms with E-state index in [0.717, 1.165) is 11.1 Å². The molecule has 1 fully saturated rings. The number of amides is 3. The molecular weight excluding hydrogens is 477 g/mol. The molecule has 35 heavy (non-hydrogen) atoms. The maximum absolute atomic E-state index is 13.3. The van der Waals surface area contributed by atoms with Crippen LogP contribution in [0.3, 0.4) is 0 Å². The van der Waals surface area contributed by atoms with Gasteiger partial charge in [-0.25, -0.2) is 9.18 Å². The molecule has 0 aromatic heterocycles. The molecule has 0 radical (unpaired) electrons. The average molecular weight is 504 g/mol. The van der Waals surface area contributed by atoms with Crippen LogP contribution in [-0.4, -0.2) is 47.5 Å². The van der Waals surface area contributed by atoms with Gasteiger partial charge < -0.3 is 21.1 Å². The molecule has 0 bridgehead atoms. The van der Waals surface area contributed by atoms with Gasteiger partial charge in [-0.3, -0.25) is 20.3 Å². The predicted molar refractivity (Wildman–Crippen MR) is 129 cm³/mol. The van der Waals surface area contributed by atoms with Crippen molar-refractivity contribution in [3.8, 4) is 0 Å². The van der Waals surface area contributed by atoms with Crippen molar-refractivity contribution in [3.05, 3.63) is 70.0 Å². The van der Waals surface area contributed by atoms with E-state index in [4.69, 9.17) is 22.1 Å². The minimum Gasteiger partial charge on any atom is -0.465 e. The van der Waals surface area contributed by atoms with Gasteiger partial charge in [0.25, 0.3) is 0 Å². The minimum atomic E-state index is -1.32. The van der Waals surface area contributed by atoms with Crippen LogP contribution in [0.5, 0.6) is 0 Å². The van der Waals surface area contributed by atoms with Crippen molar-refractivity contribution in [2.45, 2.75) is 38.4 Å². The van der Waals surface area contributed by atoms with Crippen LogP contribution in [0, 0.1) is 17.1 Å². The fourth-order valence-electron chi connectivity index (χ4n) is 3.85. The molecule has 9 nitrogen and oxygen atoms in total. The Morgan fingerprint density at radius 2 is 1.89 bits per heavy atom. The summed E-state index contributed by atoms with van der Waals surface area (Å²) in [5, 5.41) is 27.0. The van der Waals surface area contributed by atoms with E-state index in [-0.39, 0.29) is 35.1 Å². The Labute approximate surface area is 206 Å². The quantitative estimate of drug-likeness (QED) is 0.242. The largest absolute Gasteiger partial charge is 0.465 e. The molecule has 2 aromatic rings.